The normalized spacial score (nSPS) is 8.12. The van der Waals surface area contributed by atoms with Crippen LogP contribution in [0.4, 0.5) is 0 Å². The van der Waals surface area contributed by atoms with Crippen LogP contribution in [0.5, 0.6) is 0 Å². The Balaban J connectivity index is 3.82. The molecule has 0 saturated carbocycles. The molecule has 44 valence electrons. The van der Waals surface area contributed by atoms with Gasteiger partial charge in [0.25, 0.3) is 0 Å². The van der Waals surface area contributed by atoms with Crippen LogP contribution in [-0.2, 0) is 4.79 Å². The Morgan fingerprint density at radius 3 is 2.50 bits per heavy atom. The summed E-state index contributed by atoms with van der Waals surface area (Å²) in [6.45, 7) is 5.01. The molecular weight excluding hydrogens is 102 g/mol. The summed E-state index contributed by atoms with van der Waals surface area (Å²) in [6.07, 6.45) is 1.65. The fraction of sp³-hybridized carbons (Fsp3) is 0.333. The van der Waals surface area contributed by atoms with Gasteiger partial charge in [-0.2, -0.15) is 0 Å². The Kier molecular flexibility index (Phi) is 2.77. The minimum absolute atomic E-state index is 0.125. The van der Waals surface area contributed by atoms with Crippen molar-refractivity contribution in [2.45, 2.75) is 13.3 Å². The predicted octanol–water partition coefficient (Wildman–Crippen LogP) is 1.17. The SMILES string of the molecule is C=CC(=O)C(=N)CC. The lowest BCUT2D eigenvalue weighted by atomic mass is 10.2. The summed E-state index contributed by atoms with van der Waals surface area (Å²) in [5, 5.41) is 6.92. The topological polar surface area (TPSA) is 40.9 Å². The number of allylic oxidation sites excluding steroid dienone is 1. The van der Waals surface area contributed by atoms with Crippen LogP contribution in [-0.4, -0.2) is 11.5 Å². The molecule has 1 N–H and O–H groups in total. The van der Waals surface area contributed by atoms with Gasteiger partial charge in [-0.3, -0.25) is 4.79 Å². The first-order chi connectivity index (χ1) is 3.72. The van der Waals surface area contributed by atoms with Gasteiger partial charge in [-0.15, -0.1) is 0 Å². The summed E-state index contributed by atoms with van der Waals surface area (Å²) in [7, 11) is 0. The van der Waals surface area contributed by atoms with E-state index in [9.17, 15) is 4.79 Å². The van der Waals surface area contributed by atoms with Crippen LogP contribution in [0, 0.1) is 5.41 Å². The van der Waals surface area contributed by atoms with Gasteiger partial charge in [0.2, 0.25) is 0 Å². The van der Waals surface area contributed by atoms with Crippen molar-refractivity contribution in [1.29, 1.82) is 5.41 Å². The van der Waals surface area contributed by atoms with Crippen LogP contribution in [0.15, 0.2) is 12.7 Å². The maximum atomic E-state index is 10.4. The van der Waals surface area contributed by atoms with Crippen molar-refractivity contribution >= 4 is 11.5 Å². The maximum absolute atomic E-state index is 10.4. The van der Waals surface area contributed by atoms with Crippen molar-refractivity contribution in [2.75, 3.05) is 0 Å². The first kappa shape index (κ1) is 7.08. The lowest BCUT2D eigenvalue weighted by Crippen LogP contribution is -2.06. The van der Waals surface area contributed by atoms with E-state index >= 15 is 0 Å². The zero-order chi connectivity index (χ0) is 6.57. The molecule has 0 heterocycles. The molecule has 0 radical (unpaired) electrons. The molecule has 0 aliphatic carbocycles. The molecule has 0 aliphatic heterocycles. The van der Waals surface area contributed by atoms with Crippen molar-refractivity contribution in [1.82, 2.24) is 0 Å². The van der Waals surface area contributed by atoms with Crippen LogP contribution >= 0.6 is 0 Å². The molecule has 0 aliphatic rings. The van der Waals surface area contributed by atoms with E-state index in [1.54, 1.807) is 6.92 Å². The van der Waals surface area contributed by atoms with Gasteiger partial charge < -0.3 is 5.41 Å². The molecule has 0 saturated heterocycles. The van der Waals surface area contributed by atoms with Crippen molar-refractivity contribution in [3.63, 3.8) is 0 Å². The third kappa shape index (κ3) is 1.69. The third-order valence-corrected chi connectivity index (χ3v) is 0.836. The highest BCUT2D eigenvalue weighted by atomic mass is 16.1. The minimum atomic E-state index is -0.271. The Morgan fingerprint density at radius 2 is 2.38 bits per heavy atom. The van der Waals surface area contributed by atoms with E-state index in [1.165, 1.54) is 0 Å². The van der Waals surface area contributed by atoms with Gasteiger partial charge in [0.1, 0.15) is 0 Å². The van der Waals surface area contributed by atoms with Crippen molar-refractivity contribution in [3.05, 3.63) is 12.7 Å². The lowest BCUT2D eigenvalue weighted by molar-refractivity contribution is -0.109. The van der Waals surface area contributed by atoms with Gasteiger partial charge in [-0.25, -0.2) is 0 Å². The molecule has 0 bridgehead atoms. The van der Waals surface area contributed by atoms with Gasteiger partial charge in [-0.05, 0) is 12.5 Å². The summed E-state index contributed by atoms with van der Waals surface area (Å²) in [4.78, 5) is 10.4. The van der Waals surface area contributed by atoms with Crippen LogP contribution in [0.2, 0.25) is 0 Å². The van der Waals surface area contributed by atoms with E-state index in [2.05, 4.69) is 6.58 Å². The summed E-state index contributed by atoms with van der Waals surface area (Å²) in [6, 6.07) is 0. The van der Waals surface area contributed by atoms with Crippen molar-refractivity contribution in [2.24, 2.45) is 0 Å². The highest BCUT2D eigenvalue weighted by Gasteiger charge is 1.98. The van der Waals surface area contributed by atoms with Crippen LogP contribution in [0.3, 0.4) is 0 Å². The standard InChI is InChI=1S/C6H9NO/c1-3-5(7)6(8)4-2/h4,7H,2-3H2,1H3. The van der Waals surface area contributed by atoms with E-state index < -0.39 is 0 Å². The quantitative estimate of drug-likeness (QED) is 0.431. The van der Waals surface area contributed by atoms with Crippen LogP contribution in [0.1, 0.15) is 13.3 Å². The maximum Gasteiger partial charge on any atom is 0.198 e. The molecule has 2 nitrogen and oxygen atoms in total. The minimum Gasteiger partial charge on any atom is -0.301 e. The number of hydrogen-bond acceptors (Lipinski definition) is 2. The summed E-state index contributed by atoms with van der Waals surface area (Å²) in [5.41, 5.74) is 0.125. The fourth-order valence-corrected chi connectivity index (χ4v) is 0.297. The van der Waals surface area contributed by atoms with Gasteiger partial charge in [0.15, 0.2) is 5.78 Å². The molecule has 0 rings (SSSR count). The van der Waals surface area contributed by atoms with E-state index in [4.69, 9.17) is 5.41 Å². The lowest BCUT2D eigenvalue weighted by Gasteiger charge is -1.88. The molecule has 0 spiro atoms. The summed E-state index contributed by atoms with van der Waals surface area (Å²) < 4.78 is 0. The molecule has 0 fully saturated rings. The first-order valence-electron chi connectivity index (χ1n) is 2.46. The molecule has 0 unspecified atom stereocenters. The number of carbonyl (C=O) groups excluding carboxylic acids is 1. The zero-order valence-corrected chi connectivity index (χ0v) is 4.90. The number of carbonyl (C=O) groups is 1. The van der Waals surface area contributed by atoms with Gasteiger partial charge in [0, 0.05) is 0 Å². The highest BCUT2D eigenvalue weighted by molar-refractivity contribution is 6.42. The van der Waals surface area contributed by atoms with Crippen LogP contribution in [0.25, 0.3) is 0 Å². The second kappa shape index (κ2) is 3.13. The van der Waals surface area contributed by atoms with E-state index in [-0.39, 0.29) is 11.5 Å². The molecular formula is C6H9NO. The highest BCUT2D eigenvalue weighted by Crippen LogP contribution is 1.83. The molecule has 0 aromatic rings. The molecule has 0 amide bonds. The zero-order valence-electron chi connectivity index (χ0n) is 4.90. The second-order valence-corrected chi connectivity index (χ2v) is 1.40. The van der Waals surface area contributed by atoms with Crippen molar-refractivity contribution < 1.29 is 4.79 Å². The fourth-order valence-electron chi connectivity index (χ4n) is 0.297. The monoisotopic (exact) mass is 111 g/mol. The predicted molar refractivity (Wildman–Crippen MR) is 33.2 cm³/mol. The average molecular weight is 111 g/mol. The van der Waals surface area contributed by atoms with Gasteiger partial charge in [0.05, 0.1) is 5.71 Å². The number of nitrogens with one attached hydrogen (secondary N) is 1. The Labute approximate surface area is 48.7 Å². The van der Waals surface area contributed by atoms with E-state index in [1.807, 2.05) is 0 Å². The Morgan fingerprint density at radius 1 is 1.88 bits per heavy atom. The molecule has 0 aromatic carbocycles. The largest absolute Gasteiger partial charge is 0.301 e. The molecule has 2 heteroatoms. The van der Waals surface area contributed by atoms with E-state index in [0.717, 1.165) is 6.08 Å². The second-order valence-electron chi connectivity index (χ2n) is 1.40. The molecule has 0 aromatic heterocycles. The Hall–Kier alpha value is -0.920. The van der Waals surface area contributed by atoms with Gasteiger partial charge in [-0.1, -0.05) is 13.5 Å². The summed E-state index contributed by atoms with van der Waals surface area (Å²) in [5.74, 6) is -0.271. The van der Waals surface area contributed by atoms with Crippen LogP contribution < -0.4 is 0 Å². The smallest absolute Gasteiger partial charge is 0.198 e. The third-order valence-electron chi connectivity index (χ3n) is 0.836. The number of rotatable bonds is 3. The van der Waals surface area contributed by atoms with Crippen molar-refractivity contribution in [3.8, 4) is 0 Å². The number of ketones is 1. The average Bonchev–Trinajstić information content (AvgIpc) is 1.84. The molecule has 8 heavy (non-hydrogen) atoms. The Bertz CT molecular complexity index is 126. The summed E-state index contributed by atoms with van der Waals surface area (Å²) >= 11 is 0. The first-order valence-corrected chi connectivity index (χ1v) is 2.46. The molecule has 0 atom stereocenters. The van der Waals surface area contributed by atoms with Gasteiger partial charge >= 0.3 is 0 Å². The number of hydrogen-bond donors (Lipinski definition) is 1. The van der Waals surface area contributed by atoms with E-state index in [0.29, 0.717) is 6.42 Å².